The zero-order valence-corrected chi connectivity index (χ0v) is 33.1. The number of rotatable bonds is 12. The summed E-state index contributed by atoms with van der Waals surface area (Å²) >= 11 is 7.88. The number of nitrogens with zero attached hydrogens (tertiary/aromatic N) is 7. The van der Waals surface area contributed by atoms with Crippen LogP contribution in [0, 0.1) is 27.7 Å². The molecule has 0 unspecified atom stereocenters. The van der Waals surface area contributed by atoms with E-state index in [4.69, 9.17) is 26.1 Å². The maximum absolute atomic E-state index is 13.4. The summed E-state index contributed by atoms with van der Waals surface area (Å²) in [7, 11) is 1.54. The minimum atomic E-state index is -0.605. The van der Waals surface area contributed by atoms with Crippen LogP contribution in [0.5, 0.6) is 11.5 Å². The Morgan fingerprint density at radius 3 is 2.54 bits per heavy atom. The molecule has 3 aromatic carbocycles. The second-order valence-electron chi connectivity index (χ2n) is 13.4. The molecule has 14 nitrogen and oxygen atoms in total. The fourth-order valence-corrected chi connectivity index (χ4v) is 8.08. The summed E-state index contributed by atoms with van der Waals surface area (Å²) in [6.07, 6.45) is 0.821. The first-order chi connectivity index (χ1) is 27.1. The Labute approximate surface area is 332 Å². The molecular formula is C40H40ClN9O5S. The number of aliphatic imine (C=N–C) groups is 1. The third-order valence-corrected chi connectivity index (χ3v) is 11.2. The van der Waals surface area contributed by atoms with Gasteiger partial charge in [0.1, 0.15) is 46.9 Å². The summed E-state index contributed by atoms with van der Waals surface area (Å²) in [5, 5.41) is 25.0. The average Bonchev–Trinajstić information content (AvgIpc) is 3.67. The highest BCUT2D eigenvalue weighted by atomic mass is 35.5. The van der Waals surface area contributed by atoms with E-state index in [0.717, 1.165) is 44.1 Å². The Balaban J connectivity index is 0.989. The van der Waals surface area contributed by atoms with Crippen LogP contribution in [0.15, 0.2) is 69.8 Å². The van der Waals surface area contributed by atoms with E-state index in [1.807, 2.05) is 47.6 Å². The standard InChI is InChI=1S/C40H40ClN9O5S/c1-22-24(3)56-40-36(22)37(26-9-11-28(41)12-10-26)44-31(39-48-45-25(4)50(39)40)19-34(52)42-13-14-43-35(53)20-49-15-16-55-33-18-29(17-32(54-5)38(33)49)46-47-30-8-6-7-27(21-51)23(30)2/h6-12,17-18,21,31H,13-16,19-20H2,1-5H3,(H,42,52)(H,43,53)/t31-/m0/s1. The van der Waals surface area contributed by atoms with Crippen LogP contribution >= 0.6 is 22.9 Å². The predicted molar refractivity (Wildman–Crippen MR) is 215 cm³/mol. The molecule has 7 rings (SSSR count). The smallest absolute Gasteiger partial charge is 0.239 e. The molecule has 2 N–H and O–H groups in total. The summed E-state index contributed by atoms with van der Waals surface area (Å²) in [4.78, 5) is 46.1. The number of ether oxygens (including phenoxy) is 2. The number of aryl methyl sites for hydroxylation is 2. The number of hydrogen-bond acceptors (Lipinski definition) is 12. The van der Waals surface area contributed by atoms with Crippen molar-refractivity contribution in [2.45, 2.75) is 40.2 Å². The second kappa shape index (κ2) is 16.4. The number of benzene rings is 3. The van der Waals surface area contributed by atoms with E-state index in [1.54, 1.807) is 41.7 Å². The second-order valence-corrected chi connectivity index (χ2v) is 15.0. The van der Waals surface area contributed by atoms with E-state index in [0.29, 0.717) is 63.9 Å². The molecule has 1 atom stereocenters. The molecule has 4 heterocycles. The molecule has 56 heavy (non-hydrogen) atoms. The minimum absolute atomic E-state index is 0.0345. The van der Waals surface area contributed by atoms with Crippen LogP contribution in [-0.4, -0.2) is 78.5 Å². The van der Waals surface area contributed by atoms with Gasteiger partial charge in [0.25, 0.3) is 0 Å². The molecule has 16 heteroatoms. The molecule has 0 spiro atoms. The quantitative estimate of drug-likeness (QED) is 0.0786. The average molecular weight is 794 g/mol. The van der Waals surface area contributed by atoms with Crippen LogP contribution in [0.3, 0.4) is 0 Å². The highest BCUT2D eigenvalue weighted by molar-refractivity contribution is 7.15. The molecule has 2 amide bonds. The maximum atomic E-state index is 13.4. The van der Waals surface area contributed by atoms with Crippen LogP contribution < -0.4 is 25.0 Å². The van der Waals surface area contributed by atoms with Gasteiger partial charge in [-0.25, -0.2) is 0 Å². The van der Waals surface area contributed by atoms with E-state index in [-0.39, 0.29) is 37.9 Å². The molecule has 2 aromatic heterocycles. The number of fused-ring (bicyclic) bond motifs is 4. The summed E-state index contributed by atoms with van der Waals surface area (Å²) in [6.45, 7) is 9.16. The van der Waals surface area contributed by atoms with Crippen LogP contribution in [-0.2, 0) is 9.59 Å². The van der Waals surface area contributed by atoms with Crippen LogP contribution in [0.2, 0.25) is 5.02 Å². The lowest BCUT2D eigenvalue weighted by atomic mass is 9.99. The first kappa shape index (κ1) is 38.3. The molecule has 0 bridgehead atoms. The van der Waals surface area contributed by atoms with Gasteiger partial charge in [-0.05, 0) is 57.0 Å². The minimum Gasteiger partial charge on any atom is -0.494 e. The van der Waals surface area contributed by atoms with Gasteiger partial charge < -0.3 is 25.0 Å². The Morgan fingerprint density at radius 2 is 1.79 bits per heavy atom. The summed E-state index contributed by atoms with van der Waals surface area (Å²) in [5.74, 6) is 1.82. The third-order valence-electron chi connectivity index (χ3n) is 9.77. The molecule has 0 saturated carbocycles. The van der Waals surface area contributed by atoms with E-state index in [2.05, 4.69) is 44.9 Å². The van der Waals surface area contributed by atoms with Crippen LogP contribution in [0.1, 0.15) is 61.6 Å². The Bertz CT molecular complexity index is 2370. The SMILES string of the molecule is COc1cc(N=Nc2cccc(C=O)c2C)cc2c1N(CC(=O)NCCNC(=O)C[C@@H]1N=C(c3ccc(Cl)cc3)c3c(sc(C)c3C)-n3c(C)nnc31)CCO2. The number of aldehydes is 1. The number of nitrogens with one attached hydrogen (secondary N) is 2. The van der Waals surface area contributed by atoms with Gasteiger partial charge in [-0.15, -0.1) is 21.5 Å². The van der Waals surface area contributed by atoms with Crippen molar-refractivity contribution < 1.29 is 23.9 Å². The van der Waals surface area contributed by atoms with Gasteiger partial charge in [-0.3, -0.25) is 23.9 Å². The molecule has 0 radical (unpaired) electrons. The van der Waals surface area contributed by atoms with Crippen molar-refractivity contribution in [3.05, 3.63) is 104 Å². The molecule has 2 aliphatic rings. The van der Waals surface area contributed by atoms with Crippen molar-refractivity contribution in [2.75, 3.05) is 44.8 Å². The summed E-state index contributed by atoms with van der Waals surface area (Å²) in [5.41, 5.74) is 6.72. The number of aromatic nitrogens is 3. The first-order valence-electron chi connectivity index (χ1n) is 18.0. The normalized spacial score (nSPS) is 14.6. The Kier molecular flexibility index (Phi) is 11.3. The van der Waals surface area contributed by atoms with Crippen molar-refractivity contribution in [1.29, 1.82) is 0 Å². The molecule has 0 aliphatic carbocycles. The van der Waals surface area contributed by atoms with Gasteiger partial charge in [0.2, 0.25) is 11.8 Å². The van der Waals surface area contributed by atoms with Gasteiger partial charge in [0.05, 0.1) is 43.7 Å². The number of carbonyl (C=O) groups excluding carboxylic acids is 3. The van der Waals surface area contributed by atoms with E-state index < -0.39 is 6.04 Å². The number of anilines is 1. The molecule has 288 valence electrons. The number of amides is 2. The monoisotopic (exact) mass is 793 g/mol. The first-order valence-corrected chi connectivity index (χ1v) is 19.2. The van der Waals surface area contributed by atoms with Gasteiger partial charge in [0.15, 0.2) is 5.82 Å². The molecular weight excluding hydrogens is 754 g/mol. The van der Waals surface area contributed by atoms with Crippen molar-refractivity contribution in [3.8, 4) is 16.5 Å². The zero-order chi connectivity index (χ0) is 39.5. The number of methoxy groups -OCH3 is 1. The largest absolute Gasteiger partial charge is 0.494 e. The van der Waals surface area contributed by atoms with Crippen molar-refractivity contribution >= 4 is 63.8 Å². The molecule has 2 aliphatic heterocycles. The lowest BCUT2D eigenvalue weighted by molar-refractivity contribution is -0.122. The third kappa shape index (κ3) is 7.77. The van der Waals surface area contributed by atoms with Gasteiger partial charge in [0, 0.05) is 51.8 Å². The van der Waals surface area contributed by atoms with Crippen molar-refractivity contribution in [2.24, 2.45) is 15.2 Å². The Hall–Kier alpha value is -5.93. The molecule has 0 saturated heterocycles. The van der Waals surface area contributed by atoms with Crippen LogP contribution in [0.25, 0.3) is 5.00 Å². The molecule has 5 aromatic rings. The fraction of sp³-hybridized carbons (Fsp3) is 0.300. The molecule has 0 fully saturated rings. The summed E-state index contributed by atoms with van der Waals surface area (Å²) in [6, 6.07) is 15.6. The lowest BCUT2D eigenvalue weighted by Crippen LogP contribution is -2.43. The number of thiophene rings is 1. The zero-order valence-electron chi connectivity index (χ0n) is 31.6. The van der Waals surface area contributed by atoms with Gasteiger partial charge in [-0.1, -0.05) is 35.9 Å². The number of azo groups is 1. The summed E-state index contributed by atoms with van der Waals surface area (Å²) < 4.78 is 13.6. The maximum Gasteiger partial charge on any atom is 0.239 e. The number of carbonyl (C=O) groups is 3. The van der Waals surface area contributed by atoms with Gasteiger partial charge >= 0.3 is 0 Å². The van der Waals surface area contributed by atoms with E-state index in [1.165, 1.54) is 7.11 Å². The van der Waals surface area contributed by atoms with Crippen LogP contribution in [0.4, 0.5) is 17.1 Å². The van der Waals surface area contributed by atoms with Crippen molar-refractivity contribution in [3.63, 3.8) is 0 Å². The lowest BCUT2D eigenvalue weighted by Gasteiger charge is -2.32. The van der Waals surface area contributed by atoms with Gasteiger partial charge in [-0.2, -0.15) is 10.2 Å². The van der Waals surface area contributed by atoms with E-state index in [9.17, 15) is 14.4 Å². The predicted octanol–water partition coefficient (Wildman–Crippen LogP) is 6.87. The highest BCUT2D eigenvalue weighted by Crippen LogP contribution is 2.44. The number of halogens is 1. The topological polar surface area (TPSA) is 165 Å². The Morgan fingerprint density at radius 1 is 1.02 bits per heavy atom. The fourth-order valence-electron chi connectivity index (χ4n) is 6.74. The number of hydrogen-bond donors (Lipinski definition) is 2. The van der Waals surface area contributed by atoms with Crippen molar-refractivity contribution in [1.82, 2.24) is 25.4 Å². The van der Waals surface area contributed by atoms with E-state index >= 15 is 0 Å². The highest BCUT2D eigenvalue weighted by Gasteiger charge is 2.32.